The highest BCUT2D eigenvalue weighted by molar-refractivity contribution is 5.97. The maximum Gasteiger partial charge on any atom is 0.328 e. The highest BCUT2D eigenvalue weighted by Gasteiger charge is 2.19. The summed E-state index contributed by atoms with van der Waals surface area (Å²) in [5, 5.41) is 20.1. The van der Waals surface area contributed by atoms with Gasteiger partial charge >= 0.3 is 5.97 Å². The first-order valence-electron chi connectivity index (χ1n) is 7.96. The summed E-state index contributed by atoms with van der Waals surface area (Å²) in [5.74, 6) is -1.77. The topological polar surface area (TPSA) is 107 Å². The van der Waals surface area contributed by atoms with Crippen molar-refractivity contribution in [2.24, 2.45) is 0 Å². The van der Waals surface area contributed by atoms with Crippen molar-refractivity contribution in [1.82, 2.24) is 10.2 Å². The fraction of sp³-hybridized carbons (Fsp3) is 0.389. The van der Waals surface area contributed by atoms with Gasteiger partial charge in [0.15, 0.2) is 6.04 Å². The number of carbonyl (C=O) groups is 3. The van der Waals surface area contributed by atoms with Gasteiger partial charge in [0.25, 0.3) is 5.91 Å². The van der Waals surface area contributed by atoms with Crippen molar-refractivity contribution in [2.45, 2.75) is 25.3 Å². The number of amides is 2. The van der Waals surface area contributed by atoms with E-state index in [2.05, 4.69) is 5.32 Å². The third-order valence-corrected chi connectivity index (χ3v) is 3.51. The number of hydrogen-bond acceptors (Lipinski definition) is 4. The number of aliphatic hydroxyl groups excluding tert-OH is 1. The van der Waals surface area contributed by atoms with Crippen LogP contribution < -0.4 is 5.32 Å². The van der Waals surface area contributed by atoms with E-state index >= 15 is 0 Å². The van der Waals surface area contributed by atoms with Crippen molar-refractivity contribution < 1.29 is 24.6 Å². The van der Waals surface area contributed by atoms with Gasteiger partial charge in [-0.25, -0.2) is 4.79 Å². The van der Waals surface area contributed by atoms with Gasteiger partial charge in [-0.3, -0.25) is 9.59 Å². The largest absolute Gasteiger partial charge is 0.480 e. The van der Waals surface area contributed by atoms with Gasteiger partial charge in [-0.1, -0.05) is 24.3 Å². The number of aliphatic carboxylic acids is 1. The summed E-state index contributed by atoms with van der Waals surface area (Å²) >= 11 is 0. The Hall–Kier alpha value is -2.67. The Bertz CT molecular complexity index is 640. The molecular formula is C18H24N2O5. The minimum atomic E-state index is -1.33. The molecule has 136 valence electrons. The smallest absolute Gasteiger partial charge is 0.328 e. The van der Waals surface area contributed by atoms with Crippen LogP contribution in [0.1, 0.15) is 35.2 Å². The minimum absolute atomic E-state index is 0.0870. The van der Waals surface area contributed by atoms with Crippen LogP contribution in [0.3, 0.4) is 0 Å². The van der Waals surface area contributed by atoms with Gasteiger partial charge in [0.1, 0.15) is 0 Å². The minimum Gasteiger partial charge on any atom is -0.480 e. The van der Waals surface area contributed by atoms with Crippen LogP contribution in [0, 0.1) is 0 Å². The van der Waals surface area contributed by atoms with Crippen LogP contribution in [-0.2, 0) is 9.59 Å². The molecule has 0 aliphatic rings. The molecule has 1 aromatic rings. The Kier molecular flexibility index (Phi) is 8.35. The van der Waals surface area contributed by atoms with Gasteiger partial charge in [-0.05, 0) is 30.5 Å². The molecule has 7 nitrogen and oxygen atoms in total. The van der Waals surface area contributed by atoms with Crippen LogP contribution in [0.15, 0.2) is 30.3 Å². The molecule has 0 aliphatic heterocycles. The molecule has 0 saturated heterocycles. The molecule has 0 unspecified atom stereocenters. The van der Waals surface area contributed by atoms with Crippen molar-refractivity contribution in [2.75, 3.05) is 20.7 Å². The van der Waals surface area contributed by atoms with Crippen molar-refractivity contribution in [3.63, 3.8) is 0 Å². The predicted octanol–water partition coefficient (Wildman–Crippen LogP) is 1.13. The summed E-state index contributed by atoms with van der Waals surface area (Å²) < 4.78 is 0. The third kappa shape index (κ3) is 7.17. The quantitative estimate of drug-likeness (QED) is 0.580. The summed E-state index contributed by atoms with van der Waals surface area (Å²) in [6, 6.07) is 5.38. The van der Waals surface area contributed by atoms with E-state index in [1.165, 1.54) is 0 Å². The van der Waals surface area contributed by atoms with Crippen LogP contribution in [0.4, 0.5) is 0 Å². The first-order valence-corrected chi connectivity index (χ1v) is 7.96. The molecule has 1 atom stereocenters. The number of unbranched alkanes of at least 4 members (excludes halogenated alkanes) is 1. The Morgan fingerprint density at radius 1 is 1.28 bits per heavy atom. The van der Waals surface area contributed by atoms with Gasteiger partial charge in [0.2, 0.25) is 5.91 Å². The molecule has 0 saturated carbocycles. The number of hydrogen-bond donors (Lipinski definition) is 3. The standard InChI is InChI=1S/C18H24N2O5/c1-20(2)16(22)10-5-3-4-7-13-8-6-9-14(11-13)17(23)19-15(12-21)18(24)25/h4,6-9,11,15,21H,3,5,10,12H2,1-2H3,(H,19,23)(H,24,25)/t15-/m0/s1. The molecule has 0 radical (unpaired) electrons. The molecule has 0 fully saturated rings. The summed E-state index contributed by atoms with van der Waals surface area (Å²) in [4.78, 5) is 35.9. The number of nitrogens with one attached hydrogen (secondary N) is 1. The monoisotopic (exact) mass is 348 g/mol. The van der Waals surface area contributed by atoms with Crippen LogP contribution in [0.2, 0.25) is 0 Å². The van der Waals surface area contributed by atoms with Gasteiger partial charge < -0.3 is 20.4 Å². The molecule has 2 amide bonds. The number of nitrogens with zero attached hydrogens (tertiary/aromatic N) is 1. The maximum atomic E-state index is 12.0. The second kappa shape index (κ2) is 10.2. The number of aliphatic hydroxyl groups is 1. The van der Waals surface area contributed by atoms with Crippen LogP contribution in [0.5, 0.6) is 0 Å². The summed E-state index contributed by atoms with van der Waals surface area (Å²) in [6.07, 6.45) is 5.73. The lowest BCUT2D eigenvalue weighted by Crippen LogP contribution is -2.43. The lowest BCUT2D eigenvalue weighted by molar-refractivity contribution is -0.140. The Morgan fingerprint density at radius 3 is 2.60 bits per heavy atom. The fourth-order valence-electron chi connectivity index (χ4n) is 2.02. The third-order valence-electron chi connectivity index (χ3n) is 3.51. The number of carbonyl (C=O) groups excluding carboxylic acids is 2. The zero-order valence-electron chi connectivity index (χ0n) is 14.4. The van der Waals surface area contributed by atoms with E-state index in [1.54, 1.807) is 37.2 Å². The summed E-state index contributed by atoms with van der Waals surface area (Å²) in [5.41, 5.74) is 1.10. The molecule has 1 aromatic carbocycles. The van der Waals surface area contributed by atoms with E-state index in [4.69, 9.17) is 10.2 Å². The highest BCUT2D eigenvalue weighted by atomic mass is 16.4. The molecular weight excluding hydrogens is 324 g/mol. The normalized spacial score (nSPS) is 12.0. The number of carboxylic acids is 1. The Morgan fingerprint density at radius 2 is 2.00 bits per heavy atom. The second-order valence-corrected chi connectivity index (χ2v) is 5.76. The van der Waals surface area contributed by atoms with E-state index in [0.717, 1.165) is 18.4 Å². The first-order chi connectivity index (χ1) is 11.8. The predicted molar refractivity (Wildman–Crippen MR) is 94.0 cm³/mol. The summed E-state index contributed by atoms with van der Waals surface area (Å²) in [7, 11) is 3.45. The van der Waals surface area contributed by atoms with Crippen molar-refractivity contribution in [1.29, 1.82) is 0 Å². The van der Waals surface area contributed by atoms with Crippen LogP contribution in [0.25, 0.3) is 6.08 Å². The molecule has 3 N–H and O–H groups in total. The van der Waals surface area contributed by atoms with E-state index in [9.17, 15) is 14.4 Å². The molecule has 0 spiro atoms. The Balaban J connectivity index is 2.59. The number of carboxylic acid groups (broad SMARTS) is 1. The second-order valence-electron chi connectivity index (χ2n) is 5.76. The molecule has 7 heteroatoms. The average Bonchev–Trinajstić information content (AvgIpc) is 2.58. The van der Waals surface area contributed by atoms with E-state index in [1.807, 2.05) is 18.2 Å². The first kappa shape index (κ1) is 20.4. The van der Waals surface area contributed by atoms with E-state index < -0.39 is 24.5 Å². The van der Waals surface area contributed by atoms with Gasteiger partial charge in [-0.2, -0.15) is 0 Å². The molecule has 0 heterocycles. The SMILES string of the molecule is CN(C)C(=O)CCCC=Cc1cccc(C(=O)N[C@@H](CO)C(=O)O)c1. The summed E-state index contributed by atoms with van der Waals surface area (Å²) in [6.45, 7) is -0.674. The number of allylic oxidation sites excluding steroid dienone is 1. The van der Waals surface area contributed by atoms with Crippen LogP contribution >= 0.6 is 0 Å². The molecule has 0 aliphatic carbocycles. The lowest BCUT2D eigenvalue weighted by atomic mass is 10.1. The number of benzene rings is 1. The molecule has 0 aromatic heterocycles. The van der Waals surface area contributed by atoms with Gasteiger partial charge in [0, 0.05) is 26.1 Å². The van der Waals surface area contributed by atoms with Gasteiger partial charge in [-0.15, -0.1) is 0 Å². The highest BCUT2D eigenvalue weighted by Crippen LogP contribution is 2.09. The van der Waals surface area contributed by atoms with Gasteiger partial charge in [0.05, 0.1) is 6.61 Å². The zero-order chi connectivity index (χ0) is 18.8. The average molecular weight is 348 g/mol. The van der Waals surface area contributed by atoms with E-state index in [-0.39, 0.29) is 5.91 Å². The van der Waals surface area contributed by atoms with E-state index in [0.29, 0.717) is 12.0 Å². The van der Waals surface area contributed by atoms with Crippen molar-refractivity contribution >= 4 is 23.9 Å². The van der Waals surface area contributed by atoms with Crippen molar-refractivity contribution in [3.05, 3.63) is 41.5 Å². The zero-order valence-corrected chi connectivity index (χ0v) is 14.4. The van der Waals surface area contributed by atoms with Crippen molar-refractivity contribution in [3.8, 4) is 0 Å². The lowest BCUT2D eigenvalue weighted by Gasteiger charge is -2.11. The molecule has 25 heavy (non-hydrogen) atoms. The molecule has 1 rings (SSSR count). The fourth-order valence-corrected chi connectivity index (χ4v) is 2.02. The Labute approximate surface area is 147 Å². The van der Waals surface area contributed by atoms with Crippen LogP contribution in [-0.4, -0.2) is 59.6 Å². The maximum absolute atomic E-state index is 12.0. The number of rotatable bonds is 9. The molecule has 0 bridgehead atoms.